The third-order valence-electron chi connectivity index (χ3n) is 3.72. The minimum Gasteiger partial charge on any atom is -0.462 e. The van der Waals surface area contributed by atoms with Crippen molar-refractivity contribution in [3.05, 3.63) is 69.3 Å². The third kappa shape index (κ3) is 3.82. The number of non-ortho nitro benzene ring substituents is 1. The van der Waals surface area contributed by atoms with Gasteiger partial charge in [-0.1, -0.05) is 12.1 Å². The molecule has 0 atom stereocenters. The number of benzene rings is 2. The first-order chi connectivity index (χ1) is 11.9. The summed E-state index contributed by atoms with van der Waals surface area (Å²) in [6.07, 6.45) is 0. The molecule has 7 nitrogen and oxygen atoms in total. The van der Waals surface area contributed by atoms with Crippen LogP contribution in [0.1, 0.15) is 33.2 Å². The molecule has 1 amide bonds. The van der Waals surface area contributed by atoms with Crippen molar-refractivity contribution in [2.45, 2.75) is 13.8 Å². The number of nitro benzene ring substituents is 1. The molecule has 0 spiro atoms. The molecule has 25 heavy (non-hydrogen) atoms. The molecule has 0 aliphatic heterocycles. The molecule has 0 unspecified atom stereocenters. The number of rotatable bonds is 5. The Hall–Kier alpha value is -3.22. The number of ether oxygens (including phenoxy) is 1. The van der Waals surface area contributed by atoms with Gasteiger partial charge in [0.15, 0.2) is 0 Å². The van der Waals surface area contributed by atoms with Crippen LogP contribution in [0.5, 0.6) is 0 Å². The van der Waals surface area contributed by atoms with Crippen molar-refractivity contribution in [2.24, 2.45) is 0 Å². The zero-order valence-electron chi connectivity index (χ0n) is 14.2. The van der Waals surface area contributed by atoms with E-state index in [0.29, 0.717) is 16.8 Å². The second-order valence-corrected chi connectivity index (χ2v) is 5.36. The van der Waals surface area contributed by atoms with Crippen LogP contribution in [0.2, 0.25) is 0 Å². The monoisotopic (exact) mass is 342 g/mol. The molecule has 2 rings (SSSR count). The van der Waals surface area contributed by atoms with E-state index in [1.54, 1.807) is 45.2 Å². The van der Waals surface area contributed by atoms with E-state index in [2.05, 4.69) is 0 Å². The van der Waals surface area contributed by atoms with Gasteiger partial charge in [0.25, 0.3) is 11.6 Å². The summed E-state index contributed by atoms with van der Waals surface area (Å²) in [5.41, 5.74) is 1.42. The number of para-hydroxylation sites is 1. The Balaban J connectivity index is 2.38. The van der Waals surface area contributed by atoms with Crippen LogP contribution >= 0.6 is 0 Å². The molecule has 7 heteroatoms. The summed E-state index contributed by atoms with van der Waals surface area (Å²) in [6, 6.07) is 10.7. The molecule has 0 aliphatic carbocycles. The normalized spacial score (nSPS) is 10.2. The SMILES string of the molecule is CCOC(=O)c1ccccc1N(C)C(=O)c1ccc([N+](=O)[O-])cc1C. The minimum absolute atomic E-state index is 0.0800. The Kier molecular flexibility index (Phi) is 5.49. The minimum atomic E-state index is -0.516. The van der Waals surface area contributed by atoms with Gasteiger partial charge >= 0.3 is 5.97 Å². The van der Waals surface area contributed by atoms with E-state index in [0.717, 1.165) is 0 Å². The Labute approximate surface area is 145 Å². The van der Waals surface area contributed by atoms with E-state index >= 15 is 0 Å². The van der Waals surface area contributed by atoms with Gasteiger partial charge in [-0.15, -0.1) is 0 Å². The molecule has 0 heterocycles. The first-order valence-corrected chi connectivity index (χ1v) is 7.66. The van der Waals surface area contributed by atoms with Crippen LogP contribution in [0, 0.1) is 17.0 Å². The Bertz CT molecular complexity index is 832. The van der Waals surface area contributed by atoms with Gasteiger partial charge in [0, 0.05) is 24.7 Å². The van der Waals surface area contributed by atoms with Gasteiger partial charge in [0.1, 0.15) is 0 Å². The maximum atomic E-state index is 12.8. The van der Waals surface area contributed by atoms with E-state index in [1.807, 2.05) is 0 Å². The molecule has 0 radical (unpaired) electrons. The second-order valence-electron chi connectivity index (χ2n) is 5.36. The van der Waals surface area contributed by atoms with Gasteiger partial charge in [-0.05, 0) is 37.6 Å². The maximum Gasteiger partial charge on any atom is 0.340 e. The molecule has 2 aromatic rings. The quantitative estimate of drug-likeness (QED) is 0.472. The van der Waals surface area contributed by atoms with Gasteiger partial charge < -0.3 is 9.64 Å². The number of hydrogen-bond acceptors (Lipinski definition) is 5. The summed E-state index contributed by atoms with van der Waals surface area (Å²) in [4.78, 5) is 36.5. The van der Waals surface area contributed by atoms with E-state index in [1.165, 1.54) is 23.1 Å². The smallest absolute Gasteiger partial charge is 0.340 e. The number of hydrogen-bond donors (Lipinski definition) is 0. The lowest BCUT2D eigenvalue weighted by molar-refractivity contribution is -0.384. The molecular weight excluding hydrogens is 324 g/mol. The van der Waals surface area contributed by atoms with Gasteiger partial charge in [0.05, 0.1) is 22.8 Å². The van der Waals surface area contributed by atoms with E-state index < -0.39 is 10.9 Å². The Morgan fingerprint density at radius 3 is 2.44 bits per heavy atom. The highest BCUT2D eigenvalue weighted by molar-refractivity contribution is 6.10. The summed E-state index contributed by atoms with van der Waals surface area (Å²) >= 11 is 0. The molecule has 0 saturated heterocycles. The molecule has 130 valence electrons. The third-order valence-corrected chi connectivity index (χ3v) is 3.72. The average Bonchev–Trinajstić information content (AvgIpc) is 2.60. The molecule has 0 aliphatic rings. The van der Waals surface area contributed by atoms with Crippen LogP contribution < -0.4 is 4.90 Å². The fourth-order valence-electron chi connectivity index (χ4n) is 2.44. The zero-order chi connectivity index (χ0) is 18.6. The summed E-state index contributed by atoms with van der Waals surface area (Å²) in [7, 11) is 1.54. The average molecular weight is 342 g/mol. The van der Waals surface area contributed by atoms with Gasteiger partial charge in [-0.25, -0.2) is 4.79 Å². The summed E-state index contributed by atoms with van der Waals surface area (Å²) in [5, 5.41) is 10.8. The zero-order valence-corrected chi connectivity index (χ0v) is 14.2. The van der Waals surface area contributed by atoms with Crippen LogP contribution in [0.25, 0.3) is 0 Å². The fourth-order valence-corrected chi connectivity index (χ4v) is 2.44. The van der Waals surface area contributed by atoms with Gasteiger partial charge in [0.2, 0.25) is 0 Å². The largest absolute Gasteiger partial charge is 0.462 e. The Morgan fingerprint density at radius 2 is 1.84 bits per heavy atom. The molecule has 2 aromatic carbocycles. The second kappa shape index (κ2) is 7.57. The number of anilines is 1. The first kappa shape index (κ1) is 18.1. The number of amides is 1. The summed E-state index contributed by atoms with van der Waals surface area (Å²) < 4.78 is 5.02. The topological polar surface area (TPSA) is 89.8 Å². The van der Waals surface area contributed by atoms with E-state index in [-0.39, 0.29) is 23.8 Å². The van der Waals surface area contributed by atoms with Crippen molar-refractivity contribution in [1.82, 2.24) is 0 Å². The van der Waals surface area contributed by atoms with Crippen LogP contribution in [-0.2, 0) is 4.74 Å². The predicted molar refractivity (Wildman–Crippen MR) is 93.0 cm³/mol. The first-order valence-electron chi connectivity index (χ1n) is 7.66. The lowest BCUT2D eigenvalue weighted by atomic mass is 10.1. The number of nitrogens with zero attached hydrogens (tertiary/aromatic N) is 2. The van der Waals surface area contributed by atoms with E-state index in [4.69, 9.17) is 4.74 Å². The number of aryl methyl sites for hydroxylation is 1. The number of esters is 1. The highest BCUT2D eigenvalue weighted by atomic mass is 16.6. The summed E-state index contributed by atoms with van der Waals surface area (Å²) in [6.45, 7) is 3.56. The molecule has 0 N–H and O–H groups in total. The van der Waals surface area contributed by atoms with Crippen molar-refractivity contribution < 1.29 is 19.2 Å². The van der Waals surface area contributed by atoms with Crippen molar-refractivity contribution in [3.8, 4) is 0 Å². The van der Waals surface area contributed by atoms with Crippen molar-refractivity contribution in [1.29, 1.82) is 0 Å². The lowest BCUT2D eigenvalue weighted by Crippen LogP contribution is -2.28. The Morgan fingerprint density at radius 1 is 1.16 bits per heavy atom. The highest BCUT2D eigenvalue weighted by Gasteiger charge is 2.22. The molecular formula is C18H18N2O5. The van der Waals surface area contributed by atoms with Crippen molar-refractivity contribution >= 4 is 23.3 Å². The number of nitro groups is 1. The molecule has 0 fully saturated rings. The van der Waals surface area contributed by atoms with Crippen LogP contribution in [0.4, 0.5) is 11.4 Å². The fraction of sp³-hybridized carbons (Fsp3) is 0.222. The van der Waals surface area contributed by atoms with Crippen LogP contribution in [0.3, 0.4) is 0 Å². The van der Waals surface area contributed by atoms with Crippen LogP contribution in [-0.4, -0.2) is 30.5 Å². The van der Waals surface area contributed by atoms with Gasteiger partial charge in [-0.2, -0.15) is 0 Å². The predicted octanol–water partition coefficient (Wildman–Crippen LogP) is 3.36. The maximum absolute atomic E-state index is 12.8. The lowest BCUT2D eigenvalue weighted by Gasteiger charge is -2.21. The molecule has 0 aromatic heterocycles. The number of carbonyl (C=O) groups excluding carboxylic acids is 2. The molecule has 0 bridgehead atoms. The van der Waals surface area contributed by atoms with Crippen molar-refractivity contribution in [2.75, 3.05) is 18.6 Å². The number of carbonyl (C=O) groups is 2. The molecule has 0 saturated carbocycles. The van der Waals surface area contributed by atoms with E-state index in [9.17, 15) is 19.7 Å². The van der Waals surface area contributed by atoms with Crippen LogP contribution in [0.15, 0.2) is 42.5 Å². The van der Waals surface area contributed by atoms with Crippen molar-refractivity contribution in [3.63, 3.8) is 0 Å². The summed E-state index contributed by atoms with van der Waals surface area (Å²) in [5.74, 6) is -0.887. The van der Waals surface area contributed by atoms with Gasteiger partial charge in [-0.3, -0.25) is 14.9 Å². The highest BCUT2D eigenvalue weighted by Crippen LogP contribution is 2.24. The standard InChI is InChI=1S/C18H18N2O5/c1-4-25-18(22)15-7-5-6-8-16(15)19(3)17(21)14-10-9-13(20(23)24)11-12(14)2/h5-11H,4H2,1-3H3.